The predicted octanol–water partition coefficient (Wildman–Crippen LogP) is 4.86. The lowest BCUT2D eigenvalue weighted by Gasteiger charge is -2.11. The van der Waals surface area contributed by atoms with E-state index in [0.717, 1.165) is 40.4 Å². The smallest absolute Gasteiger partial charge is 0.198 e. The third kappa shape index (κ3) is 2.57. The maximum absolute atomic E-state index is 10.1. The van der Waals surface area contributed by atoms with Crippen LogP contribution in [0.15, 0.2) is 71.7 Å². The molecule has 4 aromatic carbocycles. The van der Waals surface area contributed by atoms with Gasteiger partial charge in [-0.05, 0) is 47.6 Å². The van der Waals surface area contributed by atoms with Crippen molar-refractivity contribution in [2.45, 2.75) is 12.8 Å². The summed E-state index contributed by atoms with van der Waals surface area (Å²) in [6.45, 7) is 0. The lowest BCUT2D eigenvalue weighted by atomic mass is 10.0. The molecule has 132 valence electrons. The molecule has 0 heterocycles. The number of hydrogen-bond donors (Lipinski definition) is 3. The standard InChI is InChI=1S/C23H19N3O/c24-23(25-19-12-13-21(27)17-6-2-1-5-16(17)19)26-20-11-10-15-9-8-14-4-3-7-18(20)22(14)15/h1-7,10-13,27H,8-9H2,(H3,24,25,26). The molecule has 0 aliphatic heterocycles. The van der Waals surface area contributed by atoms with Crippen molar-refractivity contribution < 1.29 is 5.11 Å². The Labute approximate surface area is 157 Å². The topological polar surface area (TPSA) is 70.6 Å². The maximum Gasteiger partial charge on any atom is 0.198 e. The Morgan fingerprint density at radius 2 is 1.56 bits per heavy atom. The van der Waals surface area contributed by atoms with Crippen LogP contribution >= 0.6 is 0 Å². The minimum absolute atomic E-state index is 0.249. The van der Waals surface area contributed by atoms with Gasteiger partial charge in [0.05, 0.1) is 5.69 Å². The first-order chi connectivity index (χ1) is 13.2. The molecule has 1 aliphatic rings. The Morgan fingerprint density at radius 3 is 2.41 bits per heavy atom. The lowest BCUT2D eigenvalue weighted by molar-refractivity contribution is 0.481. The van der Waals surface area contributed by atoms with E-state index in [4.69, 9.17) is 5.73 Å². The fourth-order valence-corrected chi connectivity index (χ4v) is 4.02. The van der Waals surface area contributed by atoms with Gasteiger partial charge in [0.2, 0.25) is 0 Å². The van der Waals surface area contributed by atoms with Crippen LogP contribution in [0, 0.1) is 0 Å². The van der Waals surface area contributed by atoms with Crippen LogP contribution in [0.2, 0.25) is 0 Å². The van der Waals surface area contributed by atoms with Gasteiger partial charge in [-0.3, -0.25) is 0 Å². The van der Waals surface area contributed by atoms with Gasteiger partial charge in [-0.15, -0.1) is 0 Å². The fourth-order valence-electron chi connectivity index (χ4n) is 4.02. The van der Waals surface area contributed by atoms with Gasteiger partial charge in [-0.25, -0.2) is 4.99 Å². The van der Waals surface area contributed by atoms with E-state index in [9.17, 15) is 5.11 Å². The Hall–Kier alpha value is -3.53. The molecule has 5 rings (SSSR count). The van der Waals surface area contributed by atoms with Crippen molar-refractivity contribution in [2.75, 3.05) is 5.32 Å². The molecule has 0 saturated heterocycles. The number of rotatable bonds is 2. The van der Waals surface area contributed by atoms with E-state index >= 15 is 0 Å². The quantitative estimate of drug-likeness (QED) is 0.274. The van der Waals surface area contributed by atoms with Crippen molar-refractivity contribution in [3.8, 4) is 5.75 Å². The summed E-state index contributed by atoms with van der Waals surface area (Å²) in [6.07, 6.45) is 2.18. The van der Waals surface area contributed by atoms with E-state index in [1.54, 1.807) is 6.07 Å². The summed E-state index contributed by atoms with van der Waals surface area (Å²) < 4.78 is 0. The van der Waals surface area contributed by atoms with Crippen LogP contribution in [0.1, 0.15) is 11.1 Å². The van der Waals surface area contributed by atoms with Crippen molar-refractivity contribution >= 4 is 38.9 Å². The van der Waals surface area contributed by atoms with E-state index in [0.29, 0.717) is 5.96 Å². The molecular formula is C23H19N3O. The number of phenolic OH excluding ortho intramolecular Hbond substituents is 1. The number of nitrogens with one attached hydrogen (secondary N) is 1. The molecule has 0 spiro atoms. The predicted molar refractivity (Wildman–Crippen MR) is 112 cm³/mol. The van der Waals surface area contributed by atoms with E-state index in [1.165, 1.54) is 16.5 Å². The number of nitrogens with two attached hydrogens (primary N) is 1. The van der Waals surface area contributed by atoms with Crippen LogP contribution in [0.25, 0.3) is 21.5 Å². The highest BCUT2D eigenvalue weighted by Crippen LogP contribution is 2.36. The van der Waals surface area contributed by atoms with Gasteiger partial charge < -0.3 is 16.2 Å². The molecule has 4 nitrogen and oxygen atoms in total. The number of aromatic hydroxyl groups is 1. The number of nitrogens with zero attached hydrogens (tertiary/aromatic N) is 1. The van der Waals surface area contributed by atoms with Crippen LogP contribution in [-0.2, 0) is 12.8 Å². The number of hydrogen-bond acceptors (Lipinski definition) is 2. The minimum atomic E-state index is 0.249. The fraction of sp³-hybridized carbons (Fsp3) is 0.0870. The number of aryl methyl sites for hydroxylation is 2. The molecule has 0 saturated carbocycles. The second-order valence-electron chi connectivity index (χ2n) is 6.88. The van der Waals surface area contributed by atoms with Crippen LogP contribution in [0.3, 0.4) is 0 Å². The Balaban J connectivity index is 1.56. The first kappa shape index (κ1) is 15.7. The summed E-state index contributed by atoms with van der Waals surface area (Å²) in [5, 5.41) is 17.4. The van der Waals surface area contributed by atoms with Gasteiger partial charge in [0.25, 0.3) is 0 Å². The van der Waals surface area contributed by atoms with Crippen LogP contribution in [0.5, 0.6) is 5.75 Å². The van der Waals surface area contributed by atoms with Crippen molar-refractivity contribution in [1.82, 2.24) is 0 Å². The molecule has 0 amide bonds. The summed E-state index contributed by atoms with van der Waals surface area (Å²) in [5.74, 6) is 0.573. The zero-order chi connectivity index (χ0) is 18.4. The summed E-state index contributed by atoms with van der Waals surface area (Å²) in [5.41, 5.74) is 10.7. The van der Waals surface area contributed by atoms with Gasteiger partial charge >= 0.3 is 0 Å². The summed E-state index contributed by atoms with van der Waals surface area (Å²) >= 11 is 0. The van der Waals surface area contributed by atoms with Crippen molar-refractivity contribution in [3.05, 3.63) is 77.9 Å². The monoisotopic (exact) mass is 353 g/mol. The Kier molecular flexibility index (Phi) is 3.50. The number of phenols is 1. The van der Waals surface area contributed by atoms with Crippen LogP contribution in [0.4, 0.5) is 11.4 Å². The molecule has 1 aliphatic carbocycles. The first-order valence-corrected chi connectivity index (χ1v) is 9.06. The highest BCUT2D eigenvalue weighted by molar-refractivity contribution is 6.07. The SMILES string of the molecule is NC(=Nc1ccc2c3c(cccc13)CC2)Nc1ccc(O)c2ccccc12. The molecule has 0 radical (unpaired) electrons. The normalized spacial score (nSPS) is 13.4. The second-order valence-corrected chi connectivity index (χ2v) is 6.88. The number of benzene rings is 4. The van der Waals surface area contributed by atoms with Crippen molar-refractivity contribution in [2.24, 2.45) is 10.7 Å². The average Bonchev–Trinajstić information content (AvgIpc) is 3.11. The largest absolute Gasteiger partial charge is 0.507 e. The van der Waals surface area contributed by atoms with Crippen molar-refractivity contribution in [3.63, 3.8) is 0 Å². The summed E-state index contributed by atoms with van der Waals surface area (Å²) in [6, 6.07) is 21.7. The molecule has 0 unspecified atom stereocenters. The number of guanidine groups is 1. The van der Waals surface area contributed by atoms with Gasteiger partial charge in [0, 0.05) is 21.8 Å². The number of fused-ring (bicyclic) bond motifs is 1. The Morgan fingerprint density at radius 1 is 0.815 bits per heavy atom. The third-order valence-electron chi connectivity index (χ3n) is 5.26. The molecule has 0 atom stereocenters. The third-order valence-corrected chi connectivity index (χ3v) is 5.26. The van der Waals surface area contributed by atoms with Gasteiger partial charge in [-0.2, -0.15) is 0 Å². The van der Waals surface area contributed by atoms with Gasteiger partial charge in [-0.1, -0.05) is 48.5 Å². The molecule has 0 aromatic heterocycles. The molecule has 4 heteroatoms. The molecule has 0 fully saturated rings. The van der Waals surface area contributed by atoms with Crippen molar-refractivity contribution in [1.29, 1.82) is 0 Å². The van der Waals surface area contributed by atoms with E-state index < -0.39 is 0 Å². The second kappa shape index (κ2) is 6.02. The molecule has 0 bridgehead atoms. The van der Waals surface area contributed by atoms with Gasteiger partial charge in [0.15, 0.2) is 5.96 Å². The van der Waals surface area contributed by atoms with Crippen LogP contribution in [-0.4, -0.2) is 11.1 Å². The average molecular weight is 353 g/mol. The number of aliphatic imine (C=N–C) groups is 1. The van der Waals surface area contributed by atoms with E-state index in [-0.39, 0.29) is 5.75 Å². The minimum Gasteiger partial charge on any atom is -0.507 e. The van der Waals surface area contributed by atoms with E-state index in [2.05, 4.69) is 34.6 Å². The molecular weight excluding hydrogens is 334 g/mol. The first-order valence-electron chi connectivity index (χ1n) is 9.06. The summed E-state index contributed by atoms with van der Waals surface area (Å²) in [7, 11) is 0. The molecule has 4 aromatic rings. The summed E-state index contributed by atoms with van der Waals surface area (Å²) in [4.78, 5) is 4.64. The molecule has 4 N–H and O–H groups in total. The molecule has 27 heavy (non-hydrogen) atoms. The van der Waals surface area contributed by atoms with Gasteiger partial charge in [0.1, 0.15) is 5.75 Å². The highest BCUT2D eigenvalue weighted by atomic mass is 16.3. The Bertz CT molecular complexity index is 1220. The lowest BCUT2D eigenvalue weighted by Crippen LogP contribution is -2.22. The van der Waals surface area contributed by atoms with E-state index in [1.807, 2.05) is 36.4 Å². The zero-order valence-corrected chi connectivity index (χ0v) is 14.7. The van der Waals surface area contributed by atoms with Crippen LogP contribution < -0.4 is 11.1 Å². The number of anilines is 1. The highest BCUT2D eigenvalue weighted by Gasteiger charge is 2.15. The zero-order valence-electron chi connectivity index (χ0n) is 14.7. The maximum atomic E-state index is 10.1.